The van der Waals surface area contributed by atoms with Gasteiger partial charge in [-0.15, -0.1) is 0 Å². The third-order valence-corrected chi connectivity index (χ3v) is 4.66. The number of hydrogen-bond donors (Lipinski definition) is 3. The SMILES string of the molecule is CN1CCCC1CNC(=O)C1(C(N)=NO)CCCC1. The molecular formula is C13H24N4O2. The fourth-order valence-electron chi connectivity index (χ4n) is 3.29. The van der Waals surface area contributed by atoms with Gasteiger partial charge < -0.3 is 21.2 Å². The number of likely N-dealkylation sites (N-methyl/N-ethyl adjacent to an activating group) is 1. The van der Waals surface area contributed by atoms with Gasteiger partial charge in [0.15, 0.2) is 5.84 Å². The van der Waals surface area contributed by atoms with Crippen molar-refractivity contribution in [2.24, 2.45) is 16.3 Å². The number of nitrogens with zero attached hydrogens (tertiary/aromatic N) is 2. The molecule has 1 unspecified atom stereocenters. The van der Waals surface area contributed by atoms with Crippen LogP contribution < -0.4 is 11.1 Å². The predicted molar refractivity (Wildman–Crippen MR) is 73.0 cm³/mol. The minimum absolute atomic E-state index is 0.0577. The number of hydrogen-bond acceptors (Lipinski definition) is 4. The zero-order valence-electron chi connectivity index (χ0n) is 11.6. The van der Waals surface area contributed by atoms with Crippen LogP contribution in [-0.2, 0) is 4.79 Å². The van der Waals surface area contributed by atoms with Crippen LogP contribution in [0.2, 0.25) is 0 Å². The maximum Gasteiger partial charge on any atom is 0.234 e. The van der Waals surface area contributed by atoms with Crippen molar-refractivity contribution in [3.05, 3.63) is 0 Å². The largest absolute Gasteiger partial charge is 0.409 e. The number of nitrogens with one attached hydrogen (secondary N) is 1. The Morgan fingerprint density at radius 1 is 1.47 bits per heavy atom. The average molecular weight is 268 g/mol. The second-order valence-electron chi connectivity index (χ2n) is 5.76. The number of nitrogens with two attached hydrogens (primary N) is 1. The predicted octanol–water partition coefficient (Wildman–Crippen LogP) is 0.504. The lowest BCUT2D eigenvalue weighted by molar-refractivity contribution is -0.127. The summed E-state index contributed by atoms with van der Waals surface area (Å²) in [5, 5.41) is 15.0. The first-order valence-corrected chi connectivity index (χ1v) is 7.07. The van der Waals surface area contributed by atoms with Gasteiger partial charge in [-0.3, -0.25) is 4.79 Å². The molecule has 1 amide bonds. The monoisotopic (exact) mass is 268 g/mol. The van der Waals surface area contributed by atoms with E-state index >= 15 is 0 Å². The highest BCUT2D eigenvalue weighted by atomic mass is 16.4. The van der Waals surface area contributed by atoms with E-state index in [1.54, 1.807) is 0 Å². The number of amidine groups is 1. The smallest absolute Gasteiger partial charge is 0.234 e. The third kappa shape index (κ3) is 2.68. The first-order valence-electron chi connectivity index (χ1n) is 7.07. The van der Waals surface area contributed by atoms with E-state index in [2.05, 4.69) is 22.4 Å². The van der Waals surface area contributed by atoms with Gasteiger partial charge in [0.1, 0.15) is 5.41 Å². The third-order valence-electron chi connectivity index (χ3n) is 4.66. The molecule has 0 bridgehead atoms. The van der Waals surface area contributed by atoms with E-state index in [1.165, 1.54) is 6.42 Å². The molecule has 0 aromatic carbocycles. The fourth-order valence-corrected chi connectivity index (χ4v) is 3.29. The lowest BCUT2D eigenvalue weighted by Gasteiger charge is -2.28. The summed E-state index contributed by atoms with van der Waals surface area (Å²) in [6.45, 7) is 1.74. The lowest BCUT2D eigenvalue weighted by atomic mass is 9.83. The summed E-state index contributed by atoms with van der Waals surface area (Å²) in [5.74, 6) is -0.0251. The van der Waals surface area contributed by atoms with E-state index in [4.69, 9.17) is 10.9 Å². The Morgan fingerprint density at radius 2 is 2.16 bits per heavy atom. The van der Waals surface area contributed by atoms with E-state index in [0.717, 1.165) is 25.8 Å². The minimum Gasteiger partial charge on any atom is -0.409 e. The van der Waals surface area contributed by atoms with Crippen molar-refractivity contribution in [3.63, 3.8) is 0 Å². The van der Waals surface area contributed by atoms with Gasteiger partial charge in [-0.1, -0.05) is 18.0 Å². The highest BCUT2D eigenvalue weighted by Crippen LogP contribution is 2.38. The Kier molecular flexibility index (Phi) is 4.29. The van der Waals surface area contributed by atoms with E-state index in [-0.39, 0.29) is 11.7 Å². The van der Waals surface area contributed by atoms with Crippen molar-refractivity contribution < 1.29 is 10.0 Å². The molecule has 2 rings (SSSR count). The van der Waals surface area contributed by atoms with Crippen LogP contribution in [0.15, 0.2) is 5.16 Å². The topological polar surface area (TPSA) is 91.0 Å². The molecule has 1 saturated heterocycles. The van der Waals surface area contributed by atoms with Crippen molar-refractivity contribution in [1.29, 1.82) is 0 Å². The summed E-state index contributed by atoms with van der Waals surface area (Å²) >= 11 is 0. The van der Waals surface area contributed by atoms with Crippen molar-refractivity contribution in [3.8, 4) is 0 Å². The number of rotatable bonds is 4. The Bertz CT molecular complexity index is 364. The number of carbonyl (C=O) groups is 1. The summed E-state index contributed by atoms with van der Waals surface area (Å²) in [7, 11) is 2.08. The molecule has 0 radical (unpaired) electrons. The van der Waals surface area contributed by atoms with E-state index < -0.39 is 5.41 Å². The second-order valence-corrected chi connectivity index (χ2v) is 5.76. The summed E-state index contributed by atoms with van der Waals surface area (Å²) < 4.78 is 0. The average Bonchev–Trinajstić information content (AvgIpc) is 3.05. The Labute approximate surface area is 114 Å². The van der Waals surface area contributed by atoms with Gasteiger partial charge in [0.25, 0.3) is 0 Å². The van der Waals surface area contributed by atoms with Crippen LogP contribution in [0.25, 0.3) is 0 Å². The normalized spacial score (nSPS) is 27.6. The van der Waals surface area contributed by atoms with Crippen molar-refractivity contribution in [1.82, 2.24) is 10.2 Å². The summed E-state index contributed by atoms with van der Waals surface area (Å²) in [6.07, 6.45) is 5.56. The van der Waals surface area contributed by atoms with E-state index in [1.807, 2.05) is 0 Å². The number of amides is 1. The molecule has 0 aromatic heterocycles. The number of carbonyl (C=O) groups excluding carboxylic acids is 1. The molecular weight excluding hydrogens is 244 g/mol. The van der Waals surface area contributed by atoms with Gasteiger partial charge in [-0.05, 0) is 39.3 Å². The van der Waals surface area contributed by atoms with Gasteiger partial charge in [0, 0.05) is 12.6 Å². The Hall–Kier alpha value is -1.30. The zero-order chi connectivity index (χ0) is 13.9. The highest BCUT2D eigenvalue weighted by Gasteiger charge is 2.45. The fraction of sp³-hybridized carbons (Fsp3) is 0.846. The first-order chi connectivity index (χ1) is 9.10. The number of likely N-dealkylation sites (tertiary alicyclic amines) is 1. The maximum atomic E-state index is 12.4. The minimum atomic E-state index is -0.786. The molecule has 0 aromatic rings. The molecule has 4 N–H and O–H groups in total. The standard InChI is InChI=1S/C13H24N4O2/c1-17-8-4-5-10(17)9-15-12(18)13(11(14)16-19)6-2-3-7-13/h10,19H,2-9H2,1H3,(H2,14,16)(H,15,18). The van der Waals surface area contributed by atoms with Crippen molar-refractivity contribution in [2.45, 2.75) is 44.6 Å². The van der Waals surface area contributed by atoms with Gasteiger partial charge in [0.2, 0.25) is 5.91 Å². The molecule has 2 fully saturated rings. The van der Waals surface area contributed by atoms with Crippen molar-refractivity contribution in [2.75, 3.05) is 20.1 Å². The summed E-state index contributed by atoms with van der Waals surface area (Å²) in [5.41, 5.74) is 4.97. The molecule has 1 atom stereocenters. The van der Waals surface area contributed by atoms with Crippen LogP contribution in [-0.4, -0.2) is 48.0 Å². The summed E-state index contributed by atoms with van der Waals surface area (Å²) in [4.78, 5) is 14.7. The second kappa shape index (κ2) is 5.77. The van der Waals surface area contributed by atoms with Crippen LogP contribution in [0, 0.1) is 5.41 Å². The molecule has 1 heterocycles. The molecule has 2 aliphatic rings. The van der Waals surface area contributed by atoms with Crippen LogP contribution in [0.1, 0.15) is 38.5 Å². The van der Waals surface area contributed by atoms with Gasteiger partial charge in [-0.2, -0.15) is 0 Å². The lowest BCUT2D eigenvalue weighted by Crippen LogP contribution is -2.50. The molecule has 1 aliphatic carbocycles. The summed E-state index contributed by atoms with van der Waals surface area (Å²) in [6, 6.07) is 0.412. The maximum absolute atomic E-state index is 12.4. The van der Waals surface area contributed by atoms with Gasteiger partial charge in [0.05, 0.1) is 0 Å². The molecule has 6 nitrogen and oxygen atoms in total. The highest BCUT2D eigenvalue weighted by molar-refractivity contribution is 6.07. The molecule has 19 heavy (non-hydrogen) atoms. The molecule has 108 valence electrons. The molecule has 6 heteroatoms. The van der Waals surface area contributed by atoms with Crippen molar-refractivity contribution >= 4 is 11.7 Å². The van der Waals surface area contributed by atoms with E-state index in [0.29, 0.717) is 25.4 Å². The van der Waals surface area contributed by atoms with Crippen LogP contribution in [0.5, 0.6) is 0 Å². The first kappa shape index (κ1) is 14.1. The number of oxime groups is 1. The zero-order valence-corrected chi connectivity index (χ0v) is 11.6. The molecule has 0 spiro atoms. The van der Waals surface area contributed by atoms with Crippen LogP contribution in [0.3, 0.4) is 0 Å². The van der Waals surface area contributed by atoms with Crippen LogP contribution >= 0.6 is 0 Å². The molecule has 1 saturated carbocycles. The Balaban J connectivity index is 1.97. The van der Waals surface area contributed by atoms with E-state index in [9.17, 15) is 4.79 Å². The molecule has 1 aliphatic heterocycles. The quantitative estimate of drug-likeness (QED) is 0.300. The van der Waals surface area contributed by atoms with Gasteiger partial charge in [-0.25, -0.2) is 0 Å². The van der Waals surface area contributed by atoms with Crippen LogP contribution in [0.4, 0.5) is 0 Å². The van der Waals surface area contributed by atoms with Gasteiger partial charge >= 0.3 is 0 Å². The Morgan fingerprint density at radius 3 is 2.68 bits per heavy atom.